The molecule has 0 atom stereocenters. The van der Waals surface area contributed by atoms with Gasteiger partial charge >= 0.3 is 5.97 Å². The van der Waals surface area contributed by atoms with Gasteiger partial charge in [-0.15, -0.1) is 11.3 Å². The third-order valence-electron chi connectivity index (χ3n) is 5.30. The van der Waals surface area contributed by atoms with Crippen LogP contribution in [0.3, 0.4) is 0 Å². The van der Waals surface area contributed by atoms with Gasteiger partial charge in [0.05, 0.1) is 12.0 Å². The minimum absolute atomic E-state index is 0.143. The maximum Gasteiger partial charge on any atom is 0.312 e. The second-order valence-corrected chi connectivity index (χ2v) is 8.12. The lowest BCUT2D eigenvalue weighted by atomic mass is 9.62. The first-order chi connectivity index (χ1) is 11.5. The van der Waals surface area contributed by atoms with Gasteiger partial charge in [0.2, 0.25) is 0 Å². The summed E-state index contributed by atoms with van der Waals surface area (Å²) in [6, 6.07) is 8.29. The molecule has 5 nitrogen and oxygen atoms in total. The first kappa shape index (κ1) is 15.6. The van der Waals surface area contributed by atoms with Gasteiger partial charge in [0.15, 0.2) is 0 Å². The molecule has 1 aliphatic carbocycles. The molecule has 2 saturated heterocycles. The van der Waals surface area contributed by atoms with Crippen molar-refractivity contribution in [1.82, 2.24) is 5.32 Å². The number of rotatable bonds is 5. The molecule has 3 fully saturated rings. The van der Waals surface area contributed by atoms with E-state index in [0.717, 1.165) is 6.42 Å². The Hall–Kier alpha value is -1.92. The molecule has 0 unspecified atom stereocenters. The Labute approximate surface area is 143 Å². The van der Waals surface area contributed by atoms with Gasteiger partial charge in [-0.1, -0.05) is 18.2 Å². The lowest BCUT2D eigenvalue weighted by Gasteiger charge is -2.40. The molecule has 3 heterocycles. The number of ether oxygens (including phenoxy) is 1. The van der Waals surface area contributed by atoms with Gasteiger partial charge in [-0.25, -0.2) is 0 Å². The van der Waals surface area contributed by atoms with Crippen LogP contribution in [0.1, 0.15) is 23.3 Å². The summed E-state index contributed by atoms with van der Waals surface area (Å²) in [5.74, 6) is -1.03. The number of hydrogen-bond acceptors (Lipinski definition) is 4. The van der Waals surface area contributed by atoms with Gasteiger partial charge in [0.25, 0.3) is 5.91 Å². The van der Waals surface area contributed by atoms with Gasteiger partial charge in [-0.2, -0.15) is 0 Å². The van der Waals surface area contributed by atoms with Crippen LogP contribution in [0.15, 0.2) is 24.3 Å². The lowest BCUT2D eigenvalue weighted by molar-refractivity contribution is -0.158. The number of aliphatic carboxylic acids is 1. The van der Waals surface area contributed by atoms with Gasteiger partial charge in [-0.3, -0.25) is 9.59 Å². The summed E-state index contributed by atoms with van der Waals surface area (Å²) in [4.78, 5) is 24.9. The smallest absolute Gasteiger partial charge is 0.312 e. The van der Waals surface area contributed by atoms with Gasteiger partial charge in [-0.05, 0) is 30.4 Å². The first-order valence-electron chi connectivity index (χ1n) is 8.09. The van der Waals surface area contributed by atoms with E-state index in [9.17, 15) is 14.7 Å². The summed E-state index contributed by atoms with van der Waals surface area (Å²) < 4.78 is 6.80. The van der Waals surface area contributed by atoms with Crippen molar-refractivity contribution in [2.45, 2.75) is 31.8 Å². The topological polar surface area (TPSA) is 75.6 Å². The van der Waals surface area contributed by atoms with E-state index in [1.165, 1.54) is 20.5 Å². The molecule has 2 bridgehead atoms. The molecule has 2 aliphatic heterocycles. The van der Waals surface area contributed by atoms with Crippen molar-refractivity contribution in [2.24, 2.45) is 5.41 Å². The number of carboxylic acids is 1. The third-order valence-corrected chi connectivity index (χ3v) is 6.43. The van der Waals surface area contributed by atoms with Crippen LogP contribution in [0.5, 0.6) is 0 Å². The Morgan fingerprint density at radius 2 is 2.08 bits per heavy atom. The molecule has 1 amide bonds. The molecule has 0 spiro atoms. The van der Waals surface area contributed by atoms with Gasteiger partial charge in [0.1, 0.15) is 5.60 Å². The Morgan fingerprint density at radius 3 is 2.79 bits per heavy atom. The van der Waals surface area contributed by atoms with Crippen molar-refractivity contribution in [3.05, 3.63) is 34.7 Å². The predicted octanol–water partition coefficient (Wildman–Crippen LogP) is 2.50. The Balaban J connectivity index is 1.39. The Morgan fingerprint density at radius 1 is 1.33 bits per heavy atom. The summed E-state index contributed by atoms with van der Waals surface area (Å²) in [5.41, 5.74) is -0.476. The molecule has 2 aromatic rings. The summed E-state index contributed by atoms with van der Waals surface area (Å²) in [5, 5.41) is 13.4. The Kier molecular flexibility index (Phi) is 3.44. The fourth-order valence-corrected chi connectivity index (χ4v) is 5.07. The van der Waals surface area contributed by atoms with Crippen molar-refractivity contribution in [3.8, 4) is 0 Å². The fourth-order valence-electron chi connectivity index (χ4n) is 3.95. The van der Waals surface area contributed by atoms with Crippen molar-refractivity contribution in [1.29, 1.82) is 0 Å². The number of carbonyl (C=O) groups is 2. The zero-order valence-corrected chi connectivity index (χ0v) is 14.2. The van der Waals surface area contributed by atoms with Gasteiger partial charge < -0.3 is 15.2 Å². The quantitative estimate of drug-likeness (QED) is 0.873. The summed E-state index contributed by atoms with van der Waals surface area (Å²) in [7, 11) is 0. The zero-order valence-electron chi connectivity index (χ0n) is 13.4. The molecule has 1 aromatic carbocycles. The number of carbonyl (C=O) groups excluding carboxylic acids is 1. The molecule has 2 N–H and O–H groups in total. The fraction of sp³-hybridized carbons (Fsp3) is 0.444. The monoisotopic (exact) mass is 345 g/mol. The molecule has 6 heteroatoms. The highest BCUT2D eigenvalue weighted by molar-refractivity contribution is 7.19. The summed E-state index contributed by atoms with van der Waals surface area (Å²) in [6.45, 7) is 2.78. The van der Waals surface area contributed by atoms with Crippen LogP contribution in [-0.2, 0) is 20.7 Å². The van der Waals surface area contributed by atoms with Crippen molar-refractivity contribution >= 4 is 33.3 Å². The molecule has 126 valence electrons. The zero-order chi connectivity index (χ0) is 16.9. The highest BCUT2D eigenvalue weighted by Gasteiger charge is 2.70. The lowest BCUT2D eigenvalue weighted by Crippen LogP contribution is -2.57. The third kappa shape index (κ3) is 2.17. The number of fused-ring (bicyclic) bond motifs is 2. The first-order valence-corrected chi connectivity index (χ1v) is 8.90. The van der Waals surface area contributed by atoms with Crippen molar-refractivity contribution in [2.75, 3.05) is 13.2 Å². The van der Waals surface area contributed by atoms with Crippen LogP contribution < -0.4 is 5.32 Å². The highest BCUT2D eigenvalue weighted by Crippen LogP contribution is 2.58. The molecule has 24 heavy (non-hydrogen) atoms. The van der Waals surface area contributed by atoms with Gasteiger partial charge in [0, 0.05) is 29.0 Å². The minimum atomic E-state index is -0.913. The van der Waals surface area contributed by atoms with Crippen LogP contribution in [0, 0.1) is 12.3 Å². The summed E-state index contributed by atoms with van der Waals surface area (Å²) in [6.07, 6.45) is 1.35. The van der Waals surface area contributed by atoms with E-state index in [2.05, 4.69) is 24.4 Å². The van der Waals surface area contributed by atoms with Crippen LogP contribution in [0.2, 0.25) is 0 Å². The van der Waals surface area contributed by atoms with Crippen LogP contribution in [0.25, 0.3) is 10.1 Å². The van der Waals surface area contributed by atoms with E-state index in [4.69, 9.17) is 4.74 Å². The summed E-state index contributed by atoms with van der Waals surface area (Å²) >= 11 is 1.77. The number of carboxylic acid groups (broad SMARTS) is 1. The van der Waals surface area contributed by atoms with E-state index in [0.29, 0.717) is 19.4 Å². The molecule has 5 rings (SSSR count). The molecule has 3 aliphatic rings. The normalized spacial score (nSPS) is 27.9. The molecule has 0 radical (unpaired) electrons. The van der Waals surface area contributed by atoms with Crippen LogP contribution >= 0.6 is 11.3 Å². The minimum Gasteiger partial charge on any atom is -0.481 e. The SMILES string of the molecule is Cc1sc2ccccc2c1CCNC(=O)C12CC(C(=O)O)(CO1)C2. The number of amides is 1. The van der Waals surface area contributed by atoms with Crippen molar-refractivity contribution < 1.29 is 19.4 Å². The number of benzene rings is 1. The number of hydrogen-bond donors (Lipinski definition) is 2. The second-order valence-electron chi connectivity index (χ2n) is 6.86. The number of thiophene rings is 1. The standard InChI is InChI=1S/C18H19NO4S/c1-11-12(13-4-2-3-5-14(13)24-11)6-7-19-15(20)18-8-17(9-18,10-23-18)16(21)22/h2-5H,6-10H2,1H3,(H,19,20)(H,21,22). The largest absolute Gasteiger partial charge is 0.481 e. The van der Waals surface area contributed by atoms with Crippen molar-refractivity contribution in [3.63, 3.8) is 0 Å². The maximum absolute atomic E-state index is 12.4. The average Bonchev–Trinajstić information content (AvgIpc) is 3.17. The second kappa shape index (κ2) is 5.29. The average molecular weight is 345 g/mol. The molecule has 1 saturated carbocycles. The van der Waals surface area contributed by atoms with E-state index >= 15 is 0 Å². The van der Waals surface area contributed by atoms with E-state index in [-0.39, 0.29) is 12.5 Å². The molecular formula is C18H19NO4S. The predicted molar refractivity (Wildman–Crippen MR) is 91.3 cm³/mol. The molecular weight excluding hydrogens is 326 g/mol. The van der Waals surface area contributed by atoms with E-state index in [1.54, 1.807) is 11.3 Å². The molecule has 1 aromatic heterocycles. The maximum atomic E-state index is 12.4. The number of aryl methyl sites for hydroxylation is 1. The number of nitrogens with one attached hydrogen (secondary N) is 1. The Bertz CT molecular complexity index is 835. The van der Waals surface area contributed by atoms with E-state index in [1.807, 2.05) is 12.1 Å². The van der Waals surface area contributed by atoms with E-state index < -0.39 is 17.0 Å². The van der Waals surface area contributed by atoms with Crippen LogP contribution in [-0.4, -0.2) is 35.7 Å². The highest BCUT2D eigenvalue weighted by atomic mass is 32.1. The van der Waals surface area contributed by atoms with Crippen LogP contribution in [0.4, 0.5) is 0 Å².